The maximum absolute atomic E-state index is 12.1. The zero-order valence-electron chi connectivity index (χ0n) is 11.3. The normalized spacial score (nSPS) is 22.1. The third-order valence-corrected chi connectivity index (χ3v) is 3.43. The van der Waals surface area contributed by atoms with Crippen LogP contribution in [0.3, 0.4) is 0 Å². The van der Waals surface area contributed by atoms with Crippen LogP contribution in [0.1, 0.15) is 12.5 Å². The van der Waals surface area contributed by atoms with Crippen molar-refractivity contribution in [2.24, 2.45) is 11.8 Å². The van der Waals surface area contributed by atoms with Gasteiger partial charge in [-0.1, -0.05) is 19.1 Å². The molecule has 0 spiro atoms. The lowest BCUT2D eigenvalue weighted by Crippen LogP contribution is -2.27. The molecule has 0 aromatic heterocycles. The van der Waals surface area contributed by atoms with Gasteiger partial charge in [-0.15, -0.1) is 0 Å². The average Bonchev–Trinajstić information content (AvgIpc) is 2.83. The van der Waals surface area contributed by atoms with Crippen LogP contribution in [-0.4, -0.2) is 30.1 Å². The zero-order chi connectivity index (χ0) is 14.5. The molecule has 1 aliphatic rings. The summed E-state index contributed by atoms with van der Waals surface area (Å²) in [6.45, 7) is 3.61. The Hall–Kier alpha value is -2.14. The molecule has 1 saturated heterocycles. The van der Waals surface area contributed by atoms with Crippen LogP contribution < -0.4 is 10.6 Å². The second-order valence-electron chi connectivity index (χ2n) is 5.03. The van der Waals surface area contributed by atoms with E-state index in [0.717, 1.165) is 18.2 Å². The second kappa shape index (κ2) is 6.34. The van der Waals surface area contributed by atoms with Crippen LogP contribution in [0.25, 0.3) is 6.08 Å². The first-order valence-electron chi connectivity index (χ1n) is 6.59. The van der Waals surface area contributed by atoms with Gasteiger partial charge in [0.25, 0.3) is 0 Å². The van der Waals surface area contributed by atoms with Crippen LogP contribution in [0.5, 0.6) is 0 Å². The topological polar surface area (TPSA) is 78.4 Å². The Labute approximate surface area is 117 Å². The predicted octanol–water partition coefficient (Wildman–Crippen LogP) is 1.58. The maximum atomic E-state index is 12.1. The van der Waals surface area contributed by atoms with Crippen molar-refractivity contribution in [3.63, 3.8) is 0 Å². The maximum Gasteiger partial charge on any atom is 0.328 e. The lowest BCUT2D eigenvalue weighted by molar-refractivity contribution is -0.131. The van der Waals surface area contributed by atoms with Crippen LogP contribution in [0.2, 0.25) is 0 Å². The number of carbonyl (C=O) groups excluding carboxylic acids is 1. The predicted molar refractivity (Wildman–Crippen MR) is 77.3 cm³/mol. The number of anilines is 1. The zero-order valence-corrected chi connectivity index (χ0v) is 11.3. The fourth-order valence-electron chi connectivity index (χ4n) is 2.28. The molecule has 1 amide bonds. The van der Waals surface area contributed by atoms with E-state index in [0.29, 0.717) is 18.2 Å². The Morgan fingerprint density at radius 3 is 2.85 bits per heavy atom. The number of carbonyl (C=O) groups is 2. The molecule has 1 aliphatic heterocycles. The first-order valence-corrected chi connectivity index (χ1v) is 6.59. The summed E-state index contributed by atoms with van der Waals surface area (Å²) in [5.41, 5.74) is 1.42. The van der Waals surface area contributed by atoms with Gasteiger partial charge in [-0.05, 0) is 36.2 Å². The van der Waals surface area contributed by atoms with Gasteiger partial charge in [0.05, 0.1) is 5.92 Å². The van der Waals surface area contributed by atoms with Crippen molar-refractivity contribution in [2.45, 2.75) is 6.92 Å². The summed E-state index contributed by atoms with van der Waals surface area (Å²) in [6.07, 6.45) is 2.57. The molecule has 5 heteroatoms. The second-order valence-corrected chi connectivity index (χ2v) is 5.03. The summed E-state index contributed by atoms with van der Waals surface area (Å²) < 4.78 is 0. The van der Waals surface area contributed by atoms with Gasteiger partial charge in [-0.25, -0.2) is 4.79 Å². The Kier molecular flexibility index (Phi) is 4.53. The van der Waals surface area contributed by atoms with E-state index >= 15 is 0 Å². The molecule has 2 rings (SSSR count). The summed E-state index contributed by atoms with van der Waals surface area (Å²) in [4.78, 5) is 22.6. The lowest BCUT2D eigenvalue weighted by Gasteiger charge is -2.14. The summed E-state index contributed by atoms with van der Waals surface area (Å²) >= 11 is 0. The molecule has 2 unspecified atom stereocenters. The third-order valence-electron chi connectivity index (χ3n) is 3.43. The quantitative estimate of drug-likeness (QED) is 0.728. The van der Waals surface area contributed by atoms with E-state index in [1.54, 1.807) is 24.3 Å². The van der Waals surface area contributed by atoms with Crippen molar-refractivity contribution < 1.29 is 14.7 Å². The van der Waals surface area contributed by atoms with Gasteiger partial charge in [0.1, 0.15) is 0 Å². The monoisotopic (exact) mass is 274 g/mol. The molecule has 1 fully saturated rings. The molecule has 2 atom stereocenters. The van der Waals surface area contributed by atoms with Gasteiger partial charge in [-0.3, -0.25) is 4.79 Å². The van der Waals surface area contributed by atoms with Gasteiger partial charge in [0.2, 0.25) is 5.91 Å². The molecular weight excluding hydrogens is 256 g/mol. The van der Waals surface area contributed by atoms with Crippen molar-refractivity contribution in [3.05, 3.63) is 35.9 Å². The van der Waals surface area contributed by atoms with Crippen molar-refractivity contribution >= 4 is 23.6 Å². The Morgan fingerprint density at radius 2 is 2.20 bits per heavy atom. The van der Waals surface area contributed by atoms with Crippen molar-refractivity contribution in [2.75, 3.05) is 18.4 Å². The number of aliphatic carboxylic acids is 1. The van der Waals surface area contributed by atoms with Crippen LogP contribution >= 0.6 is 0 Å². The standard InChI is InChI=1S/C15H18N2O3/c1-10-8-16-9-13(10)15(20)17-12-4-2-3-11(7-12)5-6-14(18)19/h2-7,10,13,16H,8-9H2,1H3,(H,17,20)(H,18,19)/b6-5+. The molecule has 0 bridgehead atoms. The van der Waals surface area contributed by atoms with Gasteiger partial charge >= 0.3 is 5.97 Å². The van der Waals surface area contributed by atoms with E-state index in [2.05, 4.69) is 17.6 Å². The van der Waals surface area contributed by atoms with Crippen LogP contribution in [-0.2, 0) is 9.59 Å². The van der Waals surface area contributed by atoms with Crippen LogP contribution in [0.4, 0.5) is 5.69 Å². The van der Waals surface area contributed by atoms with Gasteiger partial charge in [0, 0.05) is 18.3 Å². The number of carboxylic acids is 1. The van der Waals surface area contributed by atoms with E-state index in [9.17, 15) is 9.59 Å². The number of rotatable bonds is 4. The van der Waals surface area contributed by atoms with E-state index in [1.807, 2.05) is 0 Å². The highest BCUT2D eigenvalue weighted by atomic mass is 16.4. The summed E-state index contributed by atoms with van der Waals surface area (Å²) in [6, 6.07) is 7.12. The molecule has 0 aliphatic carbocycles. The number of carboxylic acid groups (broad SMARTS) is 1. The van der Waals surface area contributed by atoms with Gasteiger partial charge < -0.3 is 15.7 Å². The SMILES string of the molecule is CC1CNCC1C(=O)Nc1cccc(/C=C/C(=O)O)c1. The van der Waals surface area contributed by atoms with Crippen molar-refractivity contribution in [1.82, 2.24) is 5.32 Å². The number of hydrogen-bond donors (Lipinski definition) is 3. The minimum absolute atomic E-state index is 0.00173. The summed E-state index contributed by atoms with van der Waals surface area (Å²) in [7, 11) is 0. The summed E-state index contributed by atoms with van der Waals surface area (Å²) in [5.74, 6) is -0.689. The molecule has 20 heavy (non-hydrogen) atoms. The van der Waals surface area contributed by atoms with E-state index in [4.69, 9.17) is 5.11 Å². The molecular formula is C15H18N2O3. The lowest BCUT2D eigenvalue weighted by atomic mass is 9.97. The highest BCUT2D eigenvalue weighted by Gasteiger charge is 2.29. The number of benzene rings is 1. The molecule has 0 radical (unpaired) electrons. The first kappa shape index (κ1) is 14.3. The number of hydrogen-bond acceptors (Lipinski definition) is 3. The molecule has 5 nitrogen and oxygen atoms in total. The first-order chi connectivity index (χ1) is 9.56. The Morgan fingerprint density at radius 1 is 1.40 bits per heavy atom. The minimum atomic E-state index is -0.995. The van der Waals surface area contributed by atoms with Crippen molar-refractivity contribution in [3.8, 4) is 0 Å². The van der Waals surface area contributed by atoms with E-state index in [-0.39, 0.29) is 11.8 Å². The molecule has 106 valence electrons. The fourth-order valence-corrected chi connectivity index (χ4v) is 2.28. The van der Waals surface area contributed by atoms with E-state index in [1.165, 1.54) is 6.08 Å². The largest absolute Gasteiger partial charge is 0.478 e. The third kappa shape index (κ3) is 3.68. The number of nitrogens with one attached hydrogen (secondary N) is 2. The average molecular weight is 274 g/mol. The molecule has 1 aromatic rings. The number of amides is 1. The smallest absolute Gasteiger partial charge is 0.328 e. The molecule has 0 saturated carbocycles. The Bertz CT molecular complexity index is 540. The Balaban J connectivity index is 2.04. The van der Waals surface area contributed by atoms with Crippen LogP contribution in [0.15, 0.2) is 30.3 Å². The fraction of sp³-hybridized carbons (Fsp3) is 0.333. The molecule has 3 N–H and O–H groups in total. The van der Waals surface area contributed by atoms with Gasteiger partial charge in [-0.2, -0.15) is 0 Å². The highest BCUT2D eigenvalue weighted by molar-refractivity contribution is 5.93. The van der Waals surface area contributed by atoms with Crippen molar-refractivity contribution in [1.29, 1.82) is 0 Å². The van der Waals surface area contributed by atoms with E-state index < -0.39 is 5.97 Å². The van der Waals surface area contributed by atoms with Gasteiger partial charge in [0.15, 0.2) is 0 Å². The highest BCUT2D eigenvalue weighted by Crippen LogP contribution is 2.19. The molecule has 1 heterocycles. The minimum Gasteiger partial charge on any atom is -0.478 e. The summed E-state index contributed by atoms with van der Waals surface area (Å²) in [5, 5.41) is 14.7. The molecule has 1 aromatic carbocycles. The van der Waals surface area contributed by atoms with Crippen LogP contribution in [0, 0.1) is 11.8 Å².